The maximum absolute atomic E-state index is 12.1. The fourth-order valence-electron chi connectivity index (χ4n) is 1.85. The number of pyridine rings is 1. The molecule has 0 aliphatic rings. The number of aromatic nitrogens is 1. The average molecular weight is 292 g/mol. The first kappa shape index (κ1) is 14.1. The van der Waals surface area contributed by atoms with Gasteiger partial charge in [-0.1, -0.05) is 17.7 Å². The summed E-state index contributed by atoms with van der Waals surface area (Å²) in [5, 5.41) is 3.30. The zero-order valence-electron chi connectivity index (χ0n) is 11.1. The van der Waals surface area contributed by atoms with Crippen LogP contribution >= 0.6 is 11.6 Å². The van der Waals surface area contributed by atoms with Gasteiger partial charge in [0.05, 0.1) is 16.4 Å². The van der Waals surface area contributed by atoms with Crippen LogP contribution in [0, 0.1) is 0 Å². The Labute approximate surface area is 121 Å². The molecule has 20 heavy (non-hydrogen) atoms. The van der Waals surface area contributed by atoms with Crippen LogP contribution in [0.5, 0.6) is 0 Å². The first-order chi connectivity index (χ1) is 9.49. The summed E-state index contributed by atoms with van der Waals surface area (Å²) < 4.78 is 0. The highest BCUT2D eigenvalue weighted by molar-refractivity contribution is 6.34. The van der Waals surface area contributed by atoms with E-state index in [1.165, 1.54) is 18.3 Å². The molecule has 1 aromatic heterocycles. The summed E-state index contributed by atoms with van der Waals surface area (Å²) in [5.74, 6) is -0.360. The van der Waals surface area contributed by atoms with Crippen LogP contribution in [0.4, 0.5) is 11.4 Å². The molecule has 104 valence electrons. The van der Waals surface area contributed by atoms with Crippen molar-refractivity contribution in [3.63, 3.8) is 0 Å². The molecule has 1 aromatic carbocycles. The Morgan fingerprint density at radius 1 is 1.30 bits per heavy atom. The Hall–Kier alpha value is -2.27. The molecule has 0 bridgehead atoms. The van der Waals surface area contributed by atoms with E-state index in [0.717, 1.165) is 0 Å². The lowest BCUT2D eigenvalue weighted by atomic mass is 10.2. The molecule has 2 N–H and O–H groups in total. The van der Waals surface area contributed by atoms with E-state index in [0.29, 0.717) is 22.0 Å². The molecular weight excluding hydrogens is 278 g/mol. The van der Waals surface area contributed by atoms with Crippen LogP contribution in [0.3, 0.4) is 0 Å². The number of carbonyl (C=O) groups excluding carboxylic acids is 1. The van der Waals surface area contributed by atoms with Crippen molar-refractivity contribution >= 4 is 28.9 Å². The highest BCUT2D eigenvalue weighted by Gasteiger charge is 2.13. The van der Waals surface area contributed by atoms with E-state index in [2.05, 4.69) is 10.3 Å². The summed E-state index contributed by atoms with van der Waals surface area (Å²) >= 11 is 6.13. The molecule has 0 atom stereocenters. The van der Waals surface area contributed by atoms with Crippen LogP contribution in [-0.4, -0.2) is 25.0 Å². The zero-order valence-corrected chi connectivity index (χ0v) is 11.9. The molecule has 6 heteroatoms. The number of nitrogens with zero attached hydrogens (tertiary/aromatic N) is 1. The molecule has 0 saturated carbocycles. The molecule has 0 fully saturated rings. The Morgan fingerprint density at radius 3 is 2.70 bits per heavy atom. The molecule has 0 unspecified atom stereocenters. The van der Waals surface area contributed by atoms with Crippen molar-refractivity contribution in [2.75, 3.05) is 24.3 Å². The first-order valence-electron chi connectivity index (χ1n) is 5.95. The highest BCUT2D eigenvalue weighted by Crippen LogP contribution is 2.32. The minimum absolute atomic E-state index is 0.290. The maximum atomic E-state index is 12.1. The quantitative estimate of drug-likeness (QED) is 0.912. The summed E-state index contributed by atoms with van der Waals surface area (Å²) in [5.41, 5.74) is 1.27. The van der Waals surface area contributed by atoms with Gasteiger partial charge in [0.25, 0.3) is 5.91 Å². The van der Waals surface area contributed by atoms with Gasteiger partial charge in [-0.15, -0.1) is 0 Å². The third kappa shape index (κ3) is 3.00. The van der Waals surface area contributed by atoms with Crippen molar-refractivity contribution in [1.82, 2.24) is 4.98 Å². The molecule has 0 saturated heterocycles. The van der Waals surface area contributed by atoms with E-state index in [1.54, 1.807) is 18.2 Å². The van der Waals surface area contributed by atoms with Crippen LogP contribution in [0.25, 0.3) is 0 Å². The van der Waals surface area contributed by atoms with Gasteiger partial charge in [0.2, 0.25) is 5.56 Å². The summed E-state index contributed by atoms with van der Waals surface area (Å²) in [4.78, 5) is 27.6. The van der Waals surface area contributed by atoms with Crippen LogP contribution in [-0.2, 0) is 0 Å². The molecule has 1 amide bonds. The number of hydrogen-bond acceptors (Lipinski definition) is 3. The molecule has 5 nitrogen and oxygen atoms in total. The van der Waals surface area contributed by atoms with Gasteiger partial charge in [0.1, 0.15) is 0 Å². The minimum Gasteiger partial charge on any atom is -0.375 e. The van der Waals surface area contributed by atoms with Gasteiger partial charge in [-0.05, 0) is 18.2 Å². The lowest BCUT2D eigenvalue weighted by Crippen LogP contribution is -2.18. The van der Waals surface area contributed by atoms with Crippen LogP contribution in [0.2, 0.25) is 5.02 Å². The minimum atomic E-state index is -0.360. The number of para-hydroxylation sites is 1. The lowest BCUT2D eigenvalue weighted by molar-refractivity contribution is 0.102. The number of carbonyl (C=O) groups is 1. The summed E-state index contributed by atoms with van der Waals surface area (Å²) in [6.07, 6.45) is 1.43. The third-order valence-corrected chi connectivity index (χ3v) is 3.02. The number of aromatic amines is 1. The molecular formula is C14H14ClN3O2. The van der Waals surface area contributed by atoms with E-state index in [1.807, 2.05) is 19.0 Å². The number of H-pyrrole nitrogens is 1. The van der Waals surface area contributed by atoms with Crippen molar-refractivity contribution in [3.8, 4) is 0 Å². The van der Waals surface area contributed by atoms with Gasteiger partial charge in [0.15, 0.2) is 0 Å². The molecule has 2 aromatic rings. The Kier molecular flexibility index (Phi) is 4.10. The van der Waals surface area contributed by atoms with Gasteiger partial charge < -0.3 is 15.2 Å². The number of hydrogen-bond donors (Lipinski definition) is 2. The summed E-state index contributed by atoms with van der Waals surface area (Å²) in [6.45, 7) is 0. The second-order valence-electron chi connectivity index (χ2n) is 4.43. The topological polar surface area (TPSA) is 65.2 Å². The Morgan fingerprint density at radius 2 is 2.05 bits per heavy atom. The second-order valence-corrected chi connectivity index (χ2v) is 4.83. The van der Waals surface area contributed by atoms with Crippen molar-refractivity contribution in [2.24, 2.45) is 0 Å². The van der Waals surface area contributed by atoms with E-state index in [4.69, 9.17) is 11.6 Å². The average Bonchev–Trinajstić information content (AvgIpc) is 2.38. The number of benzene rings is 1. The number of halogens is 1. The van der Waals surface area contributed by atoms with E-state index in [-0.39, 0.29) is 11.5 Å². The predicted octanol–water partition coefficient (Wildman–Crippen LogP) is 2.35. The number of anilines is 2. The van der Waals surface area contributed by atoms with E-state index in [9.17, 15) is 9.59 Å². The molecule has 0 aliphatic carbocycles. The highest BCUT2D eigenvalue weighted by atomic mass is 35.5. The zero-order chi connectivity index (χ0) is 14.7. The lowest BCUT2D eigenvalue weighted by Gasteiger charge is -2.19. The molecule has 0 radical (unpaired) electrons. The monoisotopic (exact) mass is 291 g/mol. The third-order valence-electron chi connectivity index (χ3n) is 2.72. The molecule has 1 heterocycles. The van der Waals surface area contributed by atoms with Crippen molar-refractivity contribution in [1.29, 1.82) is 0 Å². The summed E-state index contributed by atoms with van der Waals surface area (Å²) in [6, 6.07) is 8.04. The Balaban J connectivity index is 2.33. The van der Waals surface area contributed by atoms with Crippen molar-refractivity contribution in [3.05, 3.63) is 57.5 Å². The molecule has 2 rings (SSSR count). The second kappa shape index (κ2) is 5.79. The van der Waals surface area contributed by atoms with Gasteiger partial charge in [0, 0.05) is 31.9 Å². The molecule has 0 spiro atoms. The van der Waals surface area contributed by atoms with E-state index >= 15 is 0 Å². The smallest absolute Gasteiger partial charge is 0.255 e. The van der Waals surface area contributed by atoms with Gasteiger partial charge in [-0.2, -0.15) is 0 Å². The van der Waals surface area contributed by atoms with Crippen molar-refractivity contribution < 1.29 is 4.79 Å². The summed E-state index contributed by atoms with van der Waals surface area (Å²) in [7, 11) is 3.67. The van der Waals surface area contributed by atoms with E-state index < -0.39 is 0 Å². The van der Waals surface area contributed by atoms with Crippen LogP contribution < -0.4 is 15.8 Å². The van der Waals surface area contributed by atoms with Gasteiger partial charge >= 0.3 is 0 Å². The Bertz CT molecular complexity index is 695. The van der Waals surface area contributed by atoms with Gasteiger partial charge in [-0.3, -0.25) is 9.59 Å². The SMILES string of the molecule is CN(C)c1c(Cl)cccc1NC(=O)c1cc[nH]c(=O)c1. The van der Waals surface area contributed by atoms with Crippen LogP contribution in [0.15, 0.2) is 41.3 Å². The molecule has 0 aliphatic heterocycles. The van der Waals surface area contributed by atoms with Gasteiger partial charge in [-0.25, -0.2) is 0 Å². The fraction of sp³-hybridized carbons (Fsp3) is 0.143. The standard InChI is InChI=1S/C14H14ClN3O2/c1-18(2)13-10(15)4-3-5-11(13)17-14(20)9-6-7-16-12(19)8-9/h3-8H,1-2H3,(H,16,19)(H,17,20). The fourth-order valence-corrected chi connectivity index (χ4v) is 2.19. The first-order valence-corrected chi connectivity index (χ1v) is 6.33. The largest absolute Gasteiger partial charge is 0.375 e. The number of rotatable bonds is 3. The predicted molar refractivity (Wildman–Crippen MR) is 80.8 cm³/mol. The number of amides is 1. The maximum Gasteiger partial charge on any atom is 0.255 e. The van der Waals surface area contributed by atoms with Crippen molar-refractivity contribution in [2.45, 2.75) is 0 Å². The normalized spacial score (nSPS) is 10.2. The number of nitrogens with one attached hydrogen (secondary N) is 2. The van der Waals surface area contributed by atoms with Crippen LogP contribution in [0.1, 0.15) is 10.4 Å².